The number of amides is 1. The summed E-state index contributed by atoms with van der Waals surface area (Å²) < 4.78 is 46.4. The van der Waals surface area contributed by atoms with Crippen molar-refractivity contribution in [3.05, 3.63) is 47.5 Å². The molecule has 1 atom stereocenters. The lowest BCUT2D eigenvalue weighted by Crippen LogP contribution is -2.40. The molecule has 0 radical (unpaired) electrons. The van der Waals surface area contributed by atoms with Crippen molar-refractivity contribution in [1.82, 2.24) is 4.90 Å². The molecule has 0 aromatic heterocycles. The molecule has 3 rings (SSSR count). The number of hydrogen-bond donors (Lipinski definition) is 0. The van der Waals surface area contributed by atoms with Crippen LogP contribution in [0.25, 0.3) is 0 Å². The molecule has 0 saturated carbocycles. The molecule has 9 heteroatoms. The summed E-state index contributed by atoms with van der Waals surface area (Å²) >= 11 is 0. The maximum absolute atomic E-state index is 13.6. The second-order valence-corrected chi connectivity index (χ2v) is 11.0. The standard InChI is InChI=1S/C25H33NO7S/c1-17(2)15-33-21-8-6-19(7-9-21)25(27)26(20-10-11-34(28,29)16-20)14-18-12-22(30-3)24(32-5)23(13-18)31-4/h6-9,12-13,17,20H,10-11,14-16H2,1-5H3/t20-/m1/s1. The van der Waals surface area contributed by atoms with Crippen LogP contribution in [0, 0.1) is 5.92 Å². The van der Waals surface area contributed by atoms with E-state index in [1.165, 1.54) is 21.3 Å². The molecular formula is C25H33NO7S. The van der Waals surface area contributed by atoms with Crippen molar-refractivity contribution in [2.24, 2.45) is 5.92 Å². The summed E-state index contributed by atoms with van der Waals surface area (Å²) in [7, 11) is 1.38. The SMILES string of the molecule is COc1cc(CN(C(=O)c2ccc(OCC(C)C)cc2)[C@@H]2CCS(=O)(=O)C2)cc(OC)c1OC. The van der Waals surface area contributed by atoms with Gasteiger partial charge in [0.15, 0.2) is 21.3 Å². The average molecular weight is 492 g/mol. The van der Waals surface area contributed by atoms with E-state index in [0.717, 1.165) is 5.56 Å². The van der Waals surface area contributed by atoms with Gasteiger partial charge in [-0.2, -0.15) is 0 Å². The van der Waals surface area contributed by atoms with Crippen LogP contribution in [0.4, 0.5) is 0 Å². The molecule has 2 aromatic carbocycles. The minimum Gasteiger partial charge on any atom is -0.493 e. The second-order valence-electron chi connectivity index (χ2n) is 8.75. The van der Waals surface area contributed by atoms with Gasteiger partial charge in [-0.25, -0.2) is 8.42 Å². The Morgan fingerprint density at radius 2 is 1.65 bits per heavy atom. The third-order valence-electron chi connectivity index (χ3n) is 5.67. The summed E-state index contributed by atoms with van der Waals surface area (Å²) in [6, 6.07) is 10.1. The lowest BCUT2D eigenvalue weighted by atomic mass is 10.1. The Morgan fingerprint density at radius 1 is 1.03 bits per heavy atom. The number of carbonyl (C=O) groups is 1. The summed E-state index contributed by atoms with van der Waals surface area (Å²) in [6.45, 7) is 4.91. The fraction of sp³-hybridized carbons (Fsp3) is 0.480. The Hall–Kier alpha value is -2.94. The maximum Gasteiger partial charge on any atom is 0.254 e. The zero-order chi connectivity index (χ0) is 24.9. The van der Waals surface area contributed by atoms with Gasteiger partial charge in [0.25, 0.3) is 5.91 Å². The van der Waals surface area contributed by atoms with Gasteiger partial charge in [-0.05, 0) is 54.3 Å². The van der Waals surface area contributed by atoms with E-state index in [1.807, 2.05) is 0 Å². The van der Waals surface area contributed by atoms with Crippen molar-refractivity contribution < 1.29 is 32.2 Å². The highest BCUT2D eigenvalue weighted by molar-refractivity contribution is 7.91. The highest BCUT2D eigenvalue weighted by atomic mass is 32.2. The highest BCUT2D eigenvalue weighted by Crippen LogP contribution is 2.39. The number of ether oxygens (including phenoxy) is 4. The summed E-state index contributed by atoms with van der Waals surface area (Å²) in [6.07, 6.45) is 0.397. The normalized spacial score (nSPS) is 16.8. The molecule has 1 heterocycles. The molecule has 2 aromatic rings. The molecule has 0 spiro atoms. The van der Waals surface area contributed by atoms with Crippen LogP contribution in [0.1, 0.15) is 36.2 Å². The lowest BCUT2D eigenvalue weighted by Gasteiger charge is -2.29. The molecule has 0 unspecified atom stereocenters. The van der Waals surface area contributed by atoms with Crippen molar-refractivity contribution in [3.63, 3.8) is 0 Å². The summed E-state index contributed by atoms with van der Waals surface area (Å²) in [5, 5.41) is 0. The van der Waals surface area contributed by atoms with Gasteiger partial charge in [0.2, 0.25) is 5.75 Å². The minimum absolute atomic E-state index is 0.0568. The fourth-order valence-electron chi connectivity index (χ4n) is 3.93. The zero-order valence-corrected chi connectivity index (χ0v) is 21.2. The predicted molar refractivity (Wildman–Crippen MR) is 130 cm³/mol. The summed E-state index contributed by atoms with van der Waals surface area (Å²) in [5.74, 6) is 2.23. The van der Waals surface area contributed by atoms with Crippen LogP contribution in [0.2, 0.25) is 0 Å². The second kappa shape index (κ2) is 11.0. The third-order valence-corrected chi connectivity index (χ3v) is 7.42. The van der Waals surface area contributed by atoms with Gasteiger partial charge in [0.05, 0.1) is 39.4 Å². The molecule has 8 nitrogen and oxygen atoms in total. The third kappa shape index (κ3) is 6.14. The first-order valence-corrected chi connectivity index (χ1v) is 13.0. The van der Waals surface area contributed by atoms with Crippen molar-refractivity contribution >= 4 is 15.7 Å². The quantitative estimate of drug-likeness (QED) is 0.502. The number of hydrogen-bond acceptors (Lipinski definition) is 7. The summed E-state index contributed by atoms with van der Waals surface area (Å²) in [4.78, 5) is 15.2. The van der Waals surface area contributed by atoms with Crippen LogP contribution in [-0.4, -0.2) is 64.7 Å². The fourth-order valence-corrected chi connectivity index (χ4v) is 5.66. The number of sulfone groups is 1. The molecule has 0 bridgehead atoms. The van der Waals surface area contributed by atoms with Gasteiger partial charge >= 0.3 is 0 Å². The van der Waals surface area contributed by atoms with E-state index in [4.69, 9.17) is 18.9 Å². The average Bonchev–Trinajstić information content (AvgIpc) is 3.19. The molecule has 1 saturated heterocycles. The molecule has 0 N–H and O–H groups in total. The Bertz CT molecular complexity index is 1070. The Labute approximate surface area is 201 Å². The maximum atomic E-state index is 13.6. The zero-order valence-electron chi connectivity index (χ0n) is 20.4. The molecule has 1 aliphatic rings. The predicted octanol–water partition coefficient (Wildman–Crippen LogP) is 3.58. The van der Waals surface area contributed by atoms with Crippen LogP contribution in [0.5, 0.6) is 23.0 Å². The number of benzene rings is 2. The van der Waals surface area contributed by atoms with E-state index in [2.05, 4.69) is 13.8 Å². The number of carbonyl (C=O) groups excluding carboxylic acids is 1. The monoisotopic (exact) mass is 491 g/mol. The van der Waals surface area contributed by atoms with E-state index in [1.54, 1.807) is 41.3 Å². The lowest BCUT2D eigenvalue weighted by molar-refractivity contribution is 0.0680. The number of rotatable bonds is 10. The number of nitrogens with zero attached hydrogens (tertiary/aromatic N) is 1. The van der Waals surface area contributed by atoms with Crippen molar-refractivity contribution in [1.29, 1.82) is 0 Å². The molecule has 186 valence electrons. The van der Waals surface area contributed by atoms with Gasteiger partial charge in [0, 0.05) is 18.2 Å². The molecule has 1 fully saturated rings. The van der Waals surface area contributed by atoms with E-state index < -0.39 is 15.9 Å². The first-order valence-electron chi connectivity index (χ1n) is 11.2. The van der Waals surface area contributed by atoms with Crippen LogP contribution in [-0.2, 0) is 16.4 Å². The van der Waals surface area contributed by atoms with Gasteiger partial charge < -0.3 is 23.8 Å². The summed E-state index contributed by atoms with van der Waals surface area (Å²) in [5.41, 5.74) is 1.21. The minimum atomic E-state index is -3.19. The van der Waals surface area contributed by atoms with Crippen molar-refractivity contribution in [2.75, 3.05) is 39.4 Å². The molecular weight excluding hydrogens is 458 g/mol. The molecule has 34 heavy (non-hydrogen) atoms. The van der Waals surface area contributed by atoms with Crippen molar-refractivity contribution in [2.45, 2.75) is 32.9 Å². The van der Waals surface area contributed by atoms with Gasteiger partial charge in [-0.1, -0.05) is 13.8 Å². The first kappa shape index (κ1) is 25.7. The first-order chi connectivity index (χ1) is 16.2. The van der Waals surface area contributed by atoms with E-state index >= 15 is 0 Å². The smallest absolute Gasteiger partial charge is 0.254 e. The van der Waals surface area contributed by atoms with E-state index in [9.17, 15) is 13.2 Å². The van der Waals surface area contributed by atoms with E-state index in [-0.39, 0.29) is 24.0 Å². The highest BCUT2D eigenvalue weighted by Gasteiger charge is 2.35. The van der Waals surface area contributed by atoms with Crippen LogP contribution >= 0.6 is 0 Å². The van der Waals surface area contributed by atoms with E-state index in [0.29, 0.717) is 47.5 Å². The van der Waals surface area contributed by atoms with Crippen LogP contribution in [0.15, 0.2) is 36.4 Å². The van der Waals surface area contributed by atoms with Crippen molar-refractivity contribution in [3.8, 4) is 23.0 Å². The topological polar surface area (TPSA) is 91.4 Å². The van der Waals surface area contributed by atoms with Gasteiger partial charge in [-0.15, -0.1) is 0 Å². The Morgan fingerprint density at radius 3 is 2.12 bits per heavy atom. The van der Waals surface area contributed by atoms with Crippen LogP contribution in [0.3, 0.4) is 0 Å². The van der Waals surface area contributed by atoms with Gasteiger partial charge in [-0.3, -0.25) is 4.79 Å². The molecule has 1 amide bonds. The Kier molecular flexibility index (Phi) is 8.30. The number of methoxy groups -OCH3 is 3. The largest absolute Gasteiger partial charge is 0.493 e. The molecule has 1 aliphatic heterocycles. The molecule has 0 aliphatic carbocycles. The van der Waals surface area contributed by atoms with Gasteiger partial charge in [0.1, 0.15) is 5.75 Å². The van der Waals surface area contributed by atoms with Crippen LogP contribution < -0.4 is 18.9 Å². The Balaban J connectivity index is 1.91.